The minimum absolute atomic E-state index is 0. The number of unbranched alkanes of at least 4 members (excludes halogenated alkanes) is 28. The van der Waals surface area contributed by atoms with Gasteiger partial charge in [0.05, 0.1) is 36.3 Å². The van der Waals surface area contributed by atoms with Crippen LogP contribution in [0.15, 0.2) is 72.8 Å². The SMILES string of the molecule is CCCCCCC/C=C/CCCCCCOC(=O)c1ccccc1C(=O)[O-].CCCCCCC/C=C/CCCCCCOC(=O)c1ccccc1C(=O)[O-].[CH2]CCCCCCC.[CH2]CCCCCCC.[Sn+2]. The van der Waals surface area contributed by atoms with Crippen molar-refractivity contribution in [1.29, 1.82) is 0 Å². The maximum atomic E-state index is 12.0. The van der Waals surface area contributed by atoms with Gasteiger partial charge < -0.3 is 29.3 Å². The smallest absolute Gasteiger partial charge is 0.545 e. The van der Waals surface area contributed by atoms with Crippen LogP contribution in [-0.4, -0.2) is 61.0 Å². The van der Waals surface area contributed by atoms with E-state index in [1.54, 1.807) is 24.3 Å². The van der Waals surface area contributed by atoms with Gasteiger partial charge in [0, 0.05) is 11.1 Å². The van der Waals surface area contributed by atoms with Crippen molar-refractivity contribution < 1.29 is 38.9 Å². The number of esters is 2. The minimum atomic E-state index is -1.36. The van der Waals surface area contributed by atoms with Gasteiger partial charge in [-0.3, -0.25) is 0 Å². The third kappa shape index (κ3) is 47.4. The molecule has 8 nitrogen and oxygen atoms in total. The number of ether oxygens (including phenoxy) is 2. The average Bonchev–Trinajstić information content (AvgIpc) is 3.37. The summed E-state index contributed by atoms with van der Waals surface area (Å²) in [5.41, 5.74) is -0.144. The van der Waals surface area contributed by atoms with Gasteiger partial charge in [-0.15, -0.1) is 0 Å². The van der Waals surface area contributed by atoms with Crippen LogP contribution in [0.25, 0.3) is 0 Å². The summed E-state index contributed by atoms with van der Waals surface area (Å²) in [4.78, 5) is 45.9. The van der Waals surface area contributed by atoms with E-state index >= 15 is 0 Å². The van der Waals surface area contributed by atoms with Gasteiger partial charge >= 0.3 is 35.8 Å². The number of benzene rings is 2. The Labute approximate surface area is 452 Å². The number of aromatic carboxylic acids is 2. The van der Waals surface area contributed by atoms with Crippen molar-refractivity contribution in [2.45, 2.75) is 246 Å². The number of allylic oxidation sites excluding steroid dienone is 4. The van der Waals surface area contributed by atoms with Crippen LogP contribution in [0.3, 0.4) is 0 Å². The van der Waals surface area contributed by atoms with Gasteiger partial charge in [-0.25, -0.2) is 9.59 Å². The first-order chi connectivity index (χ1) is 34.2. The van der Waals surface area contributed by atoms with Crippen molar-refractivity contribution >= 4 is 47.8 Å². The van der Waals surface area contributed by atoms with Crippen LogP contribution in [0.5, 0.6) is 0 Å². The molecular weight excluding hydrogens is 991 g/mol. The zero-order valence-electron chi connectivity index (χ0n) is 45.6. The molecule has 0 N–H and O–H groups in total. The molecule has 0 saturated carbocycles. The molecular formula is C62H100O8Sn. The summed E-state index contributed by atoms with van der Waals surface area (Å²) >= 11 is 0. The van der Waals surface area contributed by atoms with Gasteiger partial charge in [0.2, 0.25) is 0 Å². The second kappa shape index (κ2) is 57.5. The minimum Gasteiger partial charge on any atom is -0.545 e. The molecule has 0 aliphatic carbocycles. The van der Waals surface area contributed by atoms with Gasteiger partial charge in [-0.05, 0) is 76.3 Å². The van der Waals surface area contributed by atoms with Crippen LogP contribution in [0.4, 0.5) is 0 Å². The first kappa shape index (κ1) is 71.8. The van der Waals surface area contributed by atoms with Crippen LogP contribution in [0, 0.1) is 13.8 Å². The molecule has 0 aromatic heterocycles. The fourth-order valence-electron chi connectivity index (χ4n) is 7.36. The Balaban J connectivity index is -0.000000986. The summed E-state index contributed by atoms with van der Waals surface area (Å²) < 4.78 is 10.3. The standard InChI is InChI=1S/2C23H34O4.2C8H17.Sn/c2*1-2-3-4-5-6-7-8-9-10-11-12-13-16-19-27-23(26)21-18-15-14-17-20(21)22(24)25;2*1-3-5-7-8-6-4-2;/h2*8-9,14-15,17-18H,2-7,10-13,16,19H2,1H3,(H,24,25);2*1,3-8H2,2H3;/q;;;;+2/p-2/b2*9-8+;;;. The molecule has 0 spiro atoms. The molecule has 0 fully saturated rings. The Morgan fingerprint density at radius 1 is 0.380 bits per heavy atom. The predicted molar refractivity (Wildman–Crippen MR) is 297 cm³/mol. The largest absolute Gasteiger partial charge is 2.00 e. The molecule has 2 aromatic carbocycles. The van der Waals surface area contributed by atoms with Crippen molar-refractivity contribution in [2.75, 3.05) is 13.2 Å². The molecule has 0 saturated heterocycles. The number of carbonyl (C=O) groups is 4. The Hall–Kier alpha value is -3.40. The first-order valence-electron chi connectivity index (χ1n) is 28.0. The molecule has 0 unspecified atom stereocenters. The molecule has 71 heavy (non-hydrogen) atoms. The van der Waals surface area contributed by atoms with Gasteiger partial charge in [-0.1, -0.05) is 256 Å². The van der Waals surface area contributed by atoms with E-state index in [2.05, 4.69) is 65.8 Å². The topological polar surface area (TPSA) is 133 Å². The Morgan fingerprint density at radius 2 is 0.620 bits per heavy atom. The number of rotatable bonds is 40. The monoisotopic (exact) mass is 1090 g/mol. The van der Waals surface area contributed by atoms with Crippen molar-refractivity contribution in [2.24, 2.45) is 0 Å². The average molecular weight is 1090 g/mol. The van der Waals surface area contributed by atoms with Crippen molar-refractivity contribution in [3.05, 3.63) is 109 Å². The molecule has 400 valence electrons. The number of carbonyl (C=O) groups excluding carboxylic acids is 4. The van der Waals surface area contributed by atoms with Gasteiger partial charge in [0.1, 0.15) is 0 Å². The number of carboxylic acid groups (broad SMARTS) is 2. The maximum Gasteiger partial charge on any atom is 2.00 e. The van der Waals surface area contributed by atoms with Gasteiger partial charge in [-0.2, -0.15) is 0 Å². The molecule has 0 atom stereocenters. The van der Waals surface area contributed by atoms with Crippen molar-refractivity contribution in [3.63, 3.8) is 0 Å². The first-order valence-corrected chi connectivity index (χ1v) is 28.0. The second-order valence-electron chi connectivity index (χ2n) is 18.2. The third-order valence-electron chi connectivity index (χ3n) is 11.7. The number of hydrogen-bond donors (Lipinski definition) is 0. The van der Waals surface area contributed by atoms with Crippen LogP contribution in [-0.2, 0) is 9.47 Å². The predicted octanol–water partition coefficient (Wildman–Crippen LogP) is 16.1. The molecule has 2 aromatic rings. The quantitative estimate of drug-likeness (QED) is 0.0279. The Kier molecular flexibility index (Phi) is 58.2. The molecule has 0 bridgehead atoms. The van der Waals surface area contributed by atoms with E-state index in [4.69, 9.17) is 9.47 Å². The van der Waals surface area contributed by atoms with Gasteiger partial charge in [0.15, 0.2) is 0 Å². The maximum absolute atomic E-state index is 12.0. The molecule has 0 aliphatic rings. The van der Waals surface area contributed by atoms with Crippen molar-refractivity contribution in [3.8, 4) is 0 Å². The van der Waals surface area contributed by atoms with Crippen LogP contribution < -0.4 is 10.2 Å². The molecule has 9 heteroatoms. The van der Waals surface area contributed by atoms with E-state index in [-0.39, 0.29) is 46.2 Å². The van der Waals surface area contributed by atoms with Gasteiger partial charge in [0.25, 0.3) is 0 Å². The summed E-state index contributed by atoms with van der Waals surface area (Å²) in [6.07, 6.45) is 51.0. The summed E-state index contributed by atoms with van der Waals surface area (Å²) in [6.45, 7) is 17.1. The van der Waals surface area contributed by atoms with E-state index in [0.717, 1.165) is 77.0 Å². The van der Waals surface area contributed by atoms with E-state index < -0.39 is 23.9 Å². The second-order valence-corrected chi connectivity index (χ2v) is 18.2. The fraction of sp³-hybridized carbons (Fsp3) is 0.645. The zero-order chi connectivity index (χ0) is 52.0. The van der Waals surface area contributed by atoms with E-state index in [9.17, 15) is 29.4 Å². The van der Waals surface area contributed by atoms with Crippen LogP contribution in [0.2, 0.25) is 0 Å². The zero-order valence-corrected chi connectivity index (χ0v) is 48.4. The van der Waals surface area contributed by atoms with E-state index in [1.165, 1.54) is 166 Å². The van der Waals surface area contributed by atoms with Crippen molar-refractivity contribution in [1.82, 2.24) is 0 Å². The molecule has 4 radical (unpaired) electrons. The fourth-order valence-corrected chi connectivity index (χ4v) is 7.36. The van der Waals surface area contributed by atoms with E-state index in [0.29, 0.717) is 13.2 Å². The Bertz CT molecular complexity index is 1440. The Morgan fingerprint density at radius 3 is 0.873 bits per heavy atom. The third-order valence-corrected chi connectivity index (χ3v) is 11.7. The number of hydrogen-bond acceptors (Lipinski definition) is 8. The molecule has 2 rings (SSSR count). The summed E-state index contributed by atoms with van der Waals surface area (Å²) in [5.74, 6) is -3.93. The molecule has 0 amide bonds. The van der Waals surface area contributed by atoms with Crippen LogP contribution in [0.1, 0.15) is 287 Å². The summed E-state index contributed by atoms with van der Waals surface area (Å²) in [5, 5.41) is 22.0. The molecule has 0 heterocycles. The number of carboxylic acids is 2. The van der Waals surface area contributed by atoms with E-state index in [1.807, 2.05) is 0 Å². The summed E-state index contributed by atoms with van der Waals surface area (Å²) in [7, 11) is 0. The molecule has 0 aliphatic heterocycles. The summed E-state index contributed by atoms with van der Waals surface area (Å²) in [6, 6.07) is 11.9. The normalized spacial score (nSPS) is 10.6. The van der Waals surface area contributed by atoms with Crippen LogP contribution >= 0.6 is 0 Å².